The van der Waals surface area contributed by atoms with Crippen LogP contribution in [0, 0.1) is 5.92 Å². The number of aliphatic carboxylic acids is 1. The molecule has 6 heteroatoms. The van der Waals surface area contributed by atoms with Gasteiger partial charge in [-0.15, -0.1) is 0 Å². The molecule has 1 aliphatic heterocycles. The first kappa shape index (κ1) is 28.8. The Morgan fingerprint density at radius 1 is 0.900 bits per heavy atom. The fourth-order valence-corrected chi connectivity index (χ4v) is 4.68. The number of nitrogens with one attached hydrogen (secondary N) is 2. The molecule has 0 aliphatic carbocycles. The van der Waals surface area contributed by atoms with E-state index >= 15 is 0 Å². The summed E-state index contributed by atoms with van der Waals surface area (Å²) in [5.41, 5.74) is 6.91. The van der Waals surface area contributed by atoms with E-state index in [0.29, 0.717) is 11.5 Å². The highest BCUT2D eigenvalue weighted by Crippen LogP contribution is 2.26. The molecule has 0 radical (unpaired) electrons. The molecule has 0 fully saturated rings. The van der Waals surface area contributed by atoms with Crippen LogP contribution >= 0.6 is 0 Å². The second kappa shape index (κ2) is 12.3. The Kier molecular flexibility index (Phi) is 8.88. The van der Waals surface area contributed by atoms with Crippen LogP contribution < -0.4 is 10.6 Å². The second-order valence-corrected chi connectivity index (χ2v) is 11.9. The van der Waals surface area contributed by atoms with Crippen molar-refractivity contribution in [1.29, 1.82) is 0 Å². The van der Waals surface area contributed by atoms with Crippen LogP contribution in [0.25, 0.3) is 5.57 Å². The molecule has 40 heavy (non-hydrogen) atoms. The Morgan fingerprint density at radius 3 is 2.02 bits per heavy atom. The number of benzene rings is 3. The van der Waals surface area contributed by atoms with Gasteiger partial charge in [-0.1, -0.05) is 95.3 Å². The number of hydrogen-bond donors (Lipinski definition) is 3. The lowest BCUT2D eigenvalue weighted by molar-refractivity contribution is -0.139. The normalized spacial score (nSPS) is 15.8. The van der Waals surface area contributed by atoms with Gasteiger partial charge < -0.3 is 15.7 Å². The van der Waals surface area contributed by atoms with Gasteiger partial charge in [0.15, 0.2) is 0 Å². The van der Waals surface area contributed by atoms with E-state index in [1.165, 1.54) is 5.56 Å². The number of hydrogen-bond acceptors (Lipinski definition) is 4. The van der Waals surface area contributed by atoms with Crippen LogP contribution in [0.3, 0.4) is 0 Å². The molecule has 3 aromatic carbocycles. The van der Waals surface area contributed by atoms with Crippen molar-refractivity contribution in [3.05, 3.63) is 112 Å². The average molecular weight is 538 g/mol. The minimum Gasteiger partial charge on any atom is -0.480 e. The van der Waals surface area contributed by atoms with E-state index in [0.717, 1.165) is 34.2 Å². The Morgan fingerprint density at radius 2 is 1.50 bits per heavy atom. The predicted molar refractivity (Wildman–Crippen MR) is 162 cm³/mol. The summed E-state index contributed by atoms with van der Waals surface area (Å²) in [6.45, 7) is 10.9. The highest BCUT2D eigenvalue weighted by atomic mass is 16.4. The van der Waals surface area contributed by atoms with Gasteiger partial charge in [0.25, 0.3) is 5.91 Å². The molecule has 0 bridgehead atoms. The number of carboxylic acid groups (broad SMARTS) is 1. The van der Waals surface area contributed by atoms with Gasteiger partial charge in [-0.25, -0.2) is 4.79 Å². The maximum absolute atomic E-state index is 12.7. The van der Waals surface area contributed by atoms with Crippen molar-refractivity contribution < 1.29 is 14.7 Å². The van der Waals surface area contributed by atoms with Crippen LogP contribution in [0.1, 0.15) is 79.0 Å². The average Bonchev–Trinajstić information content (AvgIpc) is 2.93. The Hall–Kier alpha value is -4.19. The third-order valence-electron chi connectivity index (χ3n) is 7.04. The van der Waals surface area contributed by atoms with Crippen LogP contribution in [-0.2, 0) is 23.1 Å². The molecule has 1 heterocycles. The van der Waals surface area contributed by atoms with Crippen LogP contribution in [0.5, 0.6) is 0 Å². The summed E-state index contributed by atoms with van der Waals surface area (Å²) in [4.78, 5) is 29.3. The van der Waals surface area contributed by atoms with Crippen molar-refractivity contribution in [3.63, 3.8) is 0 Å². The zero-order chi connectivity index (χ0) is 28.9. The van der Waals surface area contributed by atoms with Crippen molar-refractivity contribution in [3.8, 4) is 0 Å². The minimum atomic E-state index is -1.07. The molecule has 2 atom stereocenters. The summed E-state index contributed by atoms with van der Waals surface area (Å²) in [5, 5.41) is 15.8. The quantitative estimate of drug-likeness (QED) is 0.298. The van der Waals surface area contributed by atoms with Gasteiger partial charge in [-0.05, 0) is 57.7 Å². The maximum Gasteiger partial charge on any atom is 0.326 e. The second-order valence-electron chi connectivity index (χ2n) is 11.9. The van der Waals surface area contributed by atoms with Crippen LogP contribution in [0.15, 0.2) is 84.0 Å². The summed E-state index contributed by atoms with van der Waals surface area (Å²) >= 11 is 0. The highest BCUT2D eigenvalue weighted by molar-refractivity contribution is 6.10. The summed E-state index contributed by atoms with van der Waals surface area (Å²) in [5.74, 6) is -0.939. The highest BCUT2D eigenvalue weighted by Gasteiger charge is 2.22. The van der Waals surface area contributed by atoms with Gasteiger partial charge in [-0.2, -0.15) is 0 Å². The molecule has 4 rings (SSSR count). The third-order valence-corrected chi connectivity index (χ3v) is 7.04. The molecule has 208 valence electrons. The van der Waals surface area contributed by atoms with Crippen LogP contribution in [0.4, 0.5) is 0 Å². The number of carbonyl (C=O) groups excluding carboxylic acids is 1. The number of nitrogens with zero attached hydrogens (tertiary/aromatic N) is 1. The molecular formula is C34H39N3O3. The smallest absolute Gasteiger partial charge is 0.326 e. The zero-order valence-electron chi connectivity index (χ0n) is 23.9. The topological polar surface area (TPSA) is 90.8 Å². The van der Waals surface area contributed by atoms with E-state index in [9.17, 15) is 14.7 Å². The lowest BCUT2D eigenvalue weighted by Crippen LogP contribution is -2.42. The van der Waals surface area contributed by atoms with Crippen molar-refractivity contribution in [2.24, 2.45) is 10.9 Å². The molecule has 1 aliphatic rings. The first-order valence-electron chi connectivity index (χ1n) is 13.8. The van der Waals surface area contributed by atoms with Crippen molar-refractivity contribution in [1.82, 2.24) is 10.6 Å². The molecule has 0 saturated heterocycles. The van der Waals surface area contributed by atoms with E-state index in [1.54, 1.807) is 12.1 Å². The van der Waals surface area contributed by atoms with Crippen molar-refractivity contribution >= 4 is 23.7 Å². The molecule has 0 saturated carbocycles. The number of carbonyl (C=O) groups is 2. The predicted octanol–water partition coefficient (Wildman–Crippen LogP) is 6.32. The summed E-state index contributed by atoms with van der Waals surface area (Å²) in [6.07, 6.45) is 4.75. The summed E-state index contributed by atoms with van der Waals surface area (Å²) < 4.78 is 0. The Balaban J connectivity index is 1.35. The van der Waals surface area contributed by atoms with E-state index in [2.05, 4.69) is 74.5 Å². The van der Waals surface area contributed by atoms with Crippen molar-refractivity contribution in [2.45, 2.75) is 65.1 Å². The van der Waals surface area contributed by atoms with Gasteiger partial charge >= 0.3 is 5.97 Å². The van der Waals surface area contributed by atoms with E-state index in [-0.39, 0.29) is 18.0 Å². The van der Waals surface area contributed by atoms with E-state index < -0.39 is 17.9 Å². The van der Waals surface area contributed by atoms with Gasteiger partial charge in [0, 0.05) is 30.0 Å². The van der Waals surface area contributed by atoms with Crippen LogP contribution in [-0.4, -0.2) is 29.2 Å². The lowest BCUT2D eigenvalue weighted by Gasteiger charge is -2.21. The van der Waals surface area contributed by atoms with E-state index in [1.807, 2.05) is 48.8 Å². The third kappa shape index (κ3) is 7.47. The summed E-state index contributed by atoms with van der Waals surface area (Å²) in [7, 11) is 0. The van der Waals surface area contributed by atoms with Gasteiger partial charge in [0.2, 0.25) is 0 Å². The number of aliphatic imine (C=N–C) groups is 1. The SMILES string of the molecule is CC(C)Cc1ccc(C(=O)N[C@@H](Cc2ccc(C3N=CC(c4ccc(C(C)(C)C)cc4)=CN3)cc2)C(=O)O)cc1. The number of rotatable bonds is 9. The molecule has 6 nitrogen and oxygen atoms in total. The van der Waals surface area contributed by atoms with Crippen molar-refractivity contribution in [2.75, 3.05) is 0 Å². The molecular weight excluding hydrogens is 498 g/mol. The largest absolute Gasteiger partial charge is 0.480 e. The van der Waals surface area contributed by atoms with Gasteiger partial charge in [0.1, 0.15) is 12.2 Å². The standard InChI is InChI=1S/C34H39N3O3/c1-22(2)18-23-8-12-27(13-9-23)32(38)37-30(33(39)40)19-24-6-10-26(11-7-24)31-35-20-28(21-36-31)25-14-16-29(17-15-25)34(3,4)5/h6-17,20-22,30-31,35H,18-19H2,1-5H3,(H,37,38)(H,39,40)/t30-,31?/m0/s1. The Labute approximate surface area is 237 Å². The van der Waals surface area contributed by atoms with Gasteiger partial charge in [0.05, 0.1) is 0 Å². The molecule has 0 aromatic heterocycles. The molecule has 3 aromatic rings. The molecule has 1 amide bonds. The fourth-order valence-electron chi connectivity index (χ4n) is 4.68. The Bertz CT molecular complexity index is 1380. The zero-order valence-corrected chi connectivity index (χ0v) is 23.9. The minimum absolute atomic E-state index is 0.110. The first-order valence-corrected chi connectivity index (χ1v) is 13.8. The maximum atomic E-state index is 12.7. The fraction of sp³-hybridized carbons (Fsp3) is 0.324. The number of amides is 1. The van der Waals surface area contributed by atoms with Gasteiger partial charge in [-0.3, -0.25) is 9.79 Å². The monoisotopic (exact) mass is 537 g/mol. The molecule has 0 spiro atoms. The number of carboxylic acids is 1. The molecule has 3 N–H and O–H groups in total. The van der Waals surface area contributed by atoms with Crippen LogP contribution in [0.2, 0.25) is 0 Å². The molecule has 1 unspecified atom stereocenters. The number of allylic oxidation sites excluding steroid dienone is 1. The lowest BCUT2D eigenvalue weighted by atomic mass is 9.86. The van der Waals surface area contributed by atoms with E-state index in [4.69, 9.17) is 0 Å². The summed E-state index contributed by atoms with van der Waals surface area (Å²) in [6, 6.07) is 22.5. The first-order chi connectivity index (χ1) is 19.0.